The fraction of sp³-hybridized carbons (Fsp3) is 0.100. The summed E-state index contributed by atoms with van der Waals surface area (Å²) in [5.74, 6) is -0.909. The number of hydrogen-bond donors (Lipinski definition) is 4. The van der Waals surface area contributed by atoms with Gasteiger partial charge < -0.3 is 20.1 Å². The third-order valence-corrected chi connectivity index (χ3v) is 5.03. The molecular weight excluding hydrogens is 408 g/mol. The molecule has 152 valence electrons. The smallest absolute Gasteiger partial charge is 0.314 e. The van der Waals surface area contributed by atoms with E-state index >= 15 is 0 Å². The van der Waals surface area contributed by atoms with Crippen LogP contribution in [0.25, 0.3) is 5.70 Å². The highest BCUT2D eigenvalue weighted by molar-refractivity contribution is 7.71. The highest BCUT2D eigenvalue weighted by atomic mass is 32.1. The van der Waals surface area contributed by atoms with Crippen LogP contribution in [-0.4, -0.2) is 27.1 Å². The van der Waals surface area contributed by atoms with Gasteiger partial charge in [-0.1, -0.05) is 30.3 Å². The third kappa shape index (κ3) is 3.33. The van der Waals surface area contributed by atoms with Gasteiger partial charge in [-0.3, -0.25) is 19.9 Å². The van der Waals surface area contributed by atoms with Gasteiger partial charge in [-0.25, -0.2) is 0 Å². The number of hydrogen-bond acceptors (Lipinski definition) is 7. The van der Waals surface area contributed by atoms with E-state index in [1.54, 1.807) is 6.08 Å². The van der Waals surface area contributed by atoms with Crippen LogP contribution in [0, 0.1) is 14.9 Å². The molecule has 2 heterocycles. The number of ether oxygens (including phenoxy) is 1. The number of aromatic hydroxyl groups is 1. The van der Waals surface area contributed by atoms with Crippen molar-refractivity contribution in [1.29, 1.82) is 0 Å². The van der Waals surface area contributed by atoms with Gasteiger partial charge in [0.2, 0.25) is 5.75 Å². The standard InChI is InChI=1S/C20H16N4O5S/c1-29-15-8-11(7-14(17(15)25)24(27)28)12-9-13(10-5-3-2-4-6-10)21-18-16(12)19(26)23-20(30)22-18/h2-9,12,25H,1H3,(H3,21,22,23,26,30). The number of anilines is 1. The molecule has 3 aromatic rings. The lowest BCUT2D eigenvalue weighted by molar-refractivity contribution is -0.386. The van der Waals surface area contributed by atoms with Crippen LogP contribution >= 0.6 is 12.2 Å². The minimum Gasteiger partial charge on any atom is -0.500 e. The second kappa shape index (κ2) is 7.48. The molecule has 0 aliphatic carbocycles. The summed E-state index contributed by atoms with van der Waals surface area (Å²) < 4.78 is 5.26. The maximum absolute atomic E-state index is 12.7. The maximum Gasteiger partial charge on any atom is 0.314 e. The van der Waals surface area contributed by atoms with Crippen LogP contribution in [0.5, 0.6) is 11.5 Å². The number of allylic oxidation sites excluding steroid dienone is 1. The molecule has 2 aromatic carbocycles. The van der Waals surface area contributed by atoms with E-state index in [1.807, 2.05) is 30.3 Å². The number of aromatic nitrogens is 2. The number of H-pyrrole nitrogens is 2. The summed E-state index contributed by atoms with van der Waals surface area (Å²) in [6.07, 6.45) is 1.79. The molecule has 9 nitrogen and oxygen atoms in total. The zero-order valence-electron chi connectivity index (χ0n) is 15.6. The van der Waals surface area contributed by atoms with E-state index in [1.165, 1.54) is 19.2 Å². The Hall–Kier alpha value is -3.92. The Balaban J connectivity index is 1.99. The fourth-order valence-electron chi connectivity index (χ4n) is 3.45. The average molecular weight is 424 g/mol. The van der Waals surface area contributed by atoms with Crippen LogP contribution in [0.3, 0.4) is 0 Å². The van der Waals surface area contributed by atoms with Gasteiger partial charge >= 0.3 is 5.69 Å². The lowest BCUT2D eigenvalue weighted by Crippen LogP contribution is -2.24. The van der Waals surface area contributed by atoms with Crippen molar-refractivity contribution in [2.45, 2.75) is 5.92 Å². The largest absolute Gasteiger partial charge is 0.500 e. The van der Waals surface area contributed by atoms with Crippen molar-refractivity contribution in [2.24, 2.45) is 0 Å². The number of nitrogens with one attached hydrogen (secondary N) is 3. The van der Waals surface area contributed by atoms with Crippen molar-refractivity contribution < 1.29 is 14.8 Å². The second-order valence-electron chi connectivity index (χ2n) is 6.59. The zero-order chi connectivity index (χ0) is 21.4. The monoisotopic (exact) mass is 424 g/mol. The summed E-state index contributed by atoms with van der Waals surface area (Å²) in [7, 11) is 1.30. The molecule has 0 spiro atoms. The van der Waals surface area contributed by atoms with Crippen LogP contribution in [0.4, 0.5) is 11.5 Å². The van der Waals surface area contributed by atoms with E-state index in [4.69, 9.17) is 17.0 Å². The van der Waals surface area contributed by atoms with Gasteiger partial charge in [-0.2, -0.15) is 0 Å². The lowest BCUT2D eigenvalue weighted by atomic mass is 9.87. The van der Waals surface area contributed by atoms with Gasteiger partial charge in [0, 0.05) is 17.7 Å². The van der Waals surface area contributed by atoms with E-state index < -0.39 is 27.8 Å². The van der Waals surface area contributed by atoms with Gasteiger partial charge in [0.05, 0.1) is 17.6 Å². The summed E-state index contributed by atoms with van der Waals surface area (Å²) in [6.45, 7) is 0. The molecule has 0 saturated heterocycles. The minimum absolute atomic E-state index is 0.0609. The zero-order valence-corrected chi connectivity index (χ0v) is 16.4. The number of phenols is 1. The van der Waals surface area contributed by atoms with Crippen molar-refractivity contribution in [3.05, 3.63) is 90.5 Å². The molecule has 30 heavy (non-hydrogen) atoms. The van der Waals surface area contributed by atoms with Crippen LogP contribution in [0.15, 0.2) is 53.3 Å². The SMILES string of the molecule is COc1cc(C2C=C(c3ccccc3)Nc3[nH]c(=S)[nH]c(=O)c32)cc([N+](=O)[O-])c1O. The summed E-state index contributed by atoms with van der Waals surface area (Å²) in [6, 6.07) is 12.1. The van der Waals surface area contributed by atoms with Gasteiger partial charge in [-0.05, 0) is 35.5 Å². The second-order valence-corrected chi connectivity index (χ2v) is 7.00. The summed E-state index contributed by atoms with van der Waals surface area (Å²) in [4.78, 5) is 29.0. The number of nitro benzene ring substituents is 1. The summed E-state index contributed by atoms with van der Waals surface area (Å²) >= 11 is 5.09. The number of phenolic OH excluding ortho intramolecular Hbond substituents is 1. The minimum atomic E-state index is -0.701. The predicted molar refractivity (Wildman–Crippen MR) is 113 cm³/mol. The van der Waals surface area contributed by atoms with Crippen molar-refractivity contribution in [3.63, 3.8) is 0 Å². The highest BCUT2D eigenvalue weighted by Crippen LogP contribution is 2.43. The Bertz CT molecular complexity index is 1300. The molecule has 1 unspecified atom stereocenters. The Morgan fingerprint density at radius 1 is 1.20 bits per heavy atom. The van der Waals surface area contributed by atoms with E-state index in [0.29, 0.717) is 22.6 Å². The molecule has 10 heteroatoms. The number of fused-ring (bicyclic) bond motifs is 1. The predicted octanol–water partition coefficient (Wildman–Crippen LogP) is 3.65. The molecule has 0 amide bonds. The van der Waals surface area contributed by atoms with Crippen molar-refractivity contribution in [1.82, 2.24) is 9.97 Å². The van der Waals surface area contributed by atoms with E-state index in [0.717, 1.165) is 5.56 Å². The molecule has 0 fully saturated rings. The Labute approximate surface area is 174 Å². The van der Waals surface area contributed by atoms with E-state index in [9.17, 15) is 20.0 Å². The summed E-state index contributed by atoms with van der Waals surface area (Å²) in [5.41, 5.74) is 1.32. The van der Waals surface area contributed by atoms with E-state index in [-0.39, 0.29) is 10.5 Å². The number of methoxy groups -OCH3 is 1. The number of nitrogens with zero attached hydrogens (tertiary/aromatic N) is 1. The molecule has 4 rings (SSSR count). The first-order chi connectivity index (χ1) is 14.4. The molecular formula is C20H16N4O5S. The van der Waals surface area contributed by atoms with Crippen LogP contribution in [0.2, 0.25) is 0 Å². The molecule has 1 atom stereocenters. The third-order valence-electron chi connectivity index (χ3n) is 4.82. The Morgan fingerprint density at radius 3 is 2.60 bits per heavy atom. The Morgan fingerprint density at radius 2 is 1.93 bits per heavy atom. The fourth-order valence-corrected chi connectivity index (χ4v) is 3.65. The number of nitro groups is 1. The normalized spacial score (nSPS) is 15.0. The van der Waals surface area contributed by atoms with Crippen molar-refractivity contribution >= 4 is 29.4 Å². The molecule has 0 radical (unpaired) electrons. The number of aromatic amines is 2. The first-order valence-corrected chi connectivity index (χ1v) is 9.26. The molecule has 0 bridgehead atoms. The quantitative estimate of drug-likeness (QED) is 0.285. The topological polar surface area (TPSA) is 133 Å². The highest BCUT2D eigenvalue weighted by Gasteiger charge is 2.29. The number of rotatable bonds is 4. The first kappa shape index (κ1) is 19.4. The maximum atomic E-state index is 12.7. The molecule has 1 aromatic heterocycles. The molecule has 4 N–H and O–H groups in total. The Kier molecular flexibility index (Phi) is 4.84. The molecule has 1 aliphatic rings. The van der Waals surface area contributed by atoms with E-state index in [2.05, 4.69) is 15.3 Å². The average Bonchev–Trinajstić information content (AvgIpc) is 2.73. The van der Waals surface area contributed by atoms with Gasteiger partial charge in [-0.15, -0.1) is 0 Å². The summed E-state index contributed by atoms with van der Waals surface area (Å²) in [5, 5.41) is 24.7. The van der Waals surface area contributed by atoms with Gasteiger partial charge in [0.1, 0.15) is 5.82 Å². The van der Waals surface area contributed by atoms with Gasteiger partial charge in [0.25, 0.3) is 5.56 Å². The van der Waals surface area contributed by atoms with Crippen LogP contribution in [-0.2, 0) is 0 Å². The first-order valence-electron chi connectivity index (χ1n) is 8.85. The van der Waals surface area contributed by atoms with Crippen molar-refractivity contribution in [3.8, 4) is 11.5 Å². The van der Waals surface area contributed by atoms with Crippen molar-refractivity contribution in [2.75, 3.05) is 12.4 Å². The molecule has 1 aliphatic heterocycles. The van der Waals surface area contributed by atoms with Gasteiger partial charge in [0.15, 0.2) is 10.5 Å². The van der Waals surface area contributed by atoms with Crippen LogP contribution in [0.1, 0.15) is 22.6 Å². The molecule has 0 saturated carbocycles. The number of benzene rings is 2. The lowest BCUT2D eigenvalue weighted by Gasteiger charge is -2.25. The van der Waals surface area contributed by atoms with Crippen LogP contribution < -0.4 is 15.6 Å².